The number of hydrogen-bond acceptors (Lipinski definition) is 4. The van der Waals surface area contributed by atoms with Crippen LogP contribution in [0.2, 0.25) is 0 Å². The standard InChI is InChI=1S/C9H10N2O2/c1-4-9(2,12)7-5-8(13-3)11-6-10-7/h1,5-6,12H,2-3H3/t9-/m0/s1. The van der Waals surface area contributed by atoms with E-state index in [1.165, 1.54) is 26.4 Å². The van der Waals surface area contributed by atoms with Crippen LogP contribution in [0.1, 0.15) is 12.6 Å². The zero-order valence-corrected chi connectivity index (χ0v) is 7.48. The van der Waals surface area contributed by atoms with E-state index >= 15 is 0 Å². The lowest BCUT2D eigenvalue weighted by molar-refractivity contribution is 0.117. The molecule has 0 aliphatic heterocycles. The largest absolute Gasteiger partial charge is 0.481 e. The average molecular weight is 178 g/mol. The van der Waals surface area contributed by atoms with Crippen LogP contribution in [0.3, 0.4) is 0 Å². The Morgan fingerprint density at radius 2 is 2.31 bits per heavy atom. The highest BCUT2D eigenvalue weighted by atomic mass is 16.5. The van der Waals surface area contributed by atoms with Gasteiger partial charge in [-0.3, -0.25) is 0 Å². The Bertz CT molecular complexity index is 342. The Morgan fingerprint density at radius 3 is 2.85 bits per heavy atom. The zero-order chi connectivity index (χ0) is 9.90. The maximum absolute atomic E-state index is 9.63. The molecule has 1 heterocycles. The molecule has 0 aliphatic carbocycles. The molecule has 1 aromatic heterocycles. The summed E-state index contributed by atoms with van der Waals surface area (Å²) in [6.45, 7) is 1.48. The summed E-state index contributed by atoms with van der Waals surface area (Å²) in [4.78, 5) is 7.64. The predicted octanol–water partition coefficient (Wildman–Crippen LogP) is 0.326. The molecule has 0 saturated heterocycles. The van der Waals surface area contributed by atoms with Crippen molar-refractivity contribution in [2.24, 2.45) is 0 Å². The molecule has 0 saturated carbocycles. The highest BCUT2D eigenvalue weighted by molar-refractivity contribution is 5.25. The lowest BCUT2D eigenvalue weighted by Gasteiger charge is -2.14. The molecule has 0 aromatic carbocycles. The van der Waals surface area contributed by atoms with Gasteiger partial charge in [0.15, 0.2) is 5.60 Å². The molecule has 4 heteroatoms. The highest BCUT2D eigenvalue weighted by Crippen LogP contribution is 2.19. The summed E-state index contributed by atoms with van der Waals surface area (Å²) in [5.41, 5.74) is -1.03. The Morgan fingerprint density at radius 1 is 1.62 bits per heavy atom. The van der Waals surface area contributed by atoms with E-state index in [0.717, 1.165) is 0 Å². The first kappa shape index (κ1) is 9.49. The van der Waals surface area contributed by atoms with Crippen molar-refractivity contribution in [2.45, 2.75) is 12.5 Å². The van der Waals surface area contributed by atoms with Gasteiger partial charge in [-0.15, -0.1) is 6.42 Å². The number of aliphatic hydroxyl groups is 1. The number of rotatable bonds is 2. The van der Waals surface area contributed by atoms with E-state index in [-0.39, 0.29) is 0 Å². The predicted molar refractivity (Wildman–Crippen MR) is 47.0 cm³/mol. The van der Waals surface area contributed by atoms with Crippen molar-refractivity contribution in [3.8, 4) is 18.2 Å². The summed E-state index contributed by atoms with van der Waals surface area (Å²) in [5.74, 6) is 2.59. The second-order valence-corrected chi connectivity index (χ2v) is 2.66. The molecule has 0 radical (unpaired) electrons. The molecule has 68 valence electrons. The van der Waals surface area contributed by atoms with Gasteiger partial charge in [-0.1, -0.05) is 5.92 Å². The Kier molecular flexibility index (Phi) is 2.49. The van der Waals surface area contributed by atoms with Crippen LogP contribution in [-0.4, -0.2) is 22.2 Å². The van der Waals surface area contributed by atoms with Crippen LogP contribution in [0.4, 0.5) is 0 Å². The fourth-order valence-electron chi connectivity index (χ4n) is 0.791. The van der Waals surface area contributed by atoms with Gasteiger partial charge in [0.2, 0.25) is 5.88 Å². The Hall–Kier alpha value is -1.60. The monoisotopic (exact) mass is 178 g/mol. The highest BCUT2D eigenvalue weighted by Gasteiger charge is 2.21. The maximum Gasteiger partial charge on any atom is 0.216 e. The molecule has 1 rings (SSSR count). The molecule has 0 amide bonds. The number of nitrogens with zero attached hydrogens (tertiary/aromatic N) is 2. The summed E-state index contributed by atoms with van der Waals surface area (Å²) in [7, 11) is 1.48. The molecule has 0 bridgehead atoms. The number of ether oxygens (including phenoxy) is 1. The minimum absolute atomic E-state index is 0.349. The maximum atomic E-state index is 9.63. The number of hydrogen-bond donors (Lipinski definition) is 1. The van der Waals surface area contributed by atoms with E-state index in [9.17, 15) is 5.11 Å². The van der Waals surface area contributed by atoms with Crippen LogP contribution in [0.5, 0.6) is 5.88 Å². The zero-order valence-electron chi connectivity index (χ0n) is 7.48. The second-order valence-electron chi connectivity index (χ2n) is 2.66. The van der Waals surface area contributed by atoms with E-state index in [0.29, 0.717) is 11.6 Å². The second kappa shape index (κ2) is 3.42. The molecule has 0 unspecified atom stereocenters. The summed E-state index contributed by atoms with van der Waals surface area (Å²) < 4.78 is 4.86. The molecule has 1 aromatic rings. The van der Waals surface area contributed by atoms with Gasteiger partial charge in [0.25, 0.3) is 0 Å². The summed E-state index contributed by atoms with van der Waals surface area (Å²) in [5, 5.41) is 9.63. The molecule has 4 nitrogen and oxygen atoms in total. The van der Waals surface area contributed by atoms with Crippen molar-refractivity contribution >= 4 is 0 Å². The first-order valence-corrected chi connectivity index (χ1v) is 3.67. The van der Waals surface area contributed by atoms with Crippen molar-refractivity contribution < 1.29 is 9.84 Å². The molecule has 1 atom stereocenters. The number of aromatic nitrogens is 2. The summed E-state index contributed by atoms with van der Waals surface area (Å²) >= 11 is 0. The molecule has 0 spiro atoms. The molecule has 0 fully saturated rings. The lowest BCUT2D eigenvalue weighted by atomic mass is 10.0. The smallest absolute Gasteiger partial charge is 0.216 e. The molecular weight excluding hydrogens is 168 g/mol. The summed E-state index contributed by atoms with van der Waals surface area (Å²) in [6.07, 6.45) is 6.42. The van der Waals surface area contributed by atoms with Crippen molar-refractivity contribution in [3.63, 3.8) is 0 Å². The first-order valence-electron chi connectivity index (χ1n) is 3.67. The third-order valence-corrected chi connectivity index (χ3v) is 1.63. The molecular formula is C9H10N2O2. The van der Waals surface area contributed by atoms with Gasteiger partial charge in [0.05, 0.1) is 12.8 Å². The Labute approximate surface area is 76.6 Å². The van der Waals surface area contributed by atoms with Gasteiger partial charge in [0, 0.05) is 6.07 Å². The van der Waals surface area contributed by atoms with Crippen molar-refractivity contribution in [1.82, 2.24) is 9.97 Å². The van der Waals surface area contributed by atoms with Crippen LogP contribution < -0.4 is 4.74 Å². The lowest BCUT2D eigenvalue weighted by Crippen LogP contribution is -2.20. The normalized spacial score (nSPS) is 14.3. The van der Waals surface area contributed by atoms with Gasteiger partial charge < -0.3 is 9.84 Å². The minimum atomic E-state index is -1.38. The number of terminal acetylenes is 1. The van der Waals surface area contributed by atoms with E-state index in [4.69, 9.17) is 11.2 Å². The van der Waals surface area contributed by atoms with Crippen LogP contribution >= 0.6 is 0 Å². The van der Waals surface area contributed by atoms with Crippen molar-refractivity contribution in [1.29, 1.82) is 0 Å². The van der Waals surface area contributed by atoms with E-state index in [2.05, 4.69) is 15.9 Å². The van der Waals surface area contributed by atoms with Gasteiger partial charge >= 0.3 is 0 Å². The average Bonchev–Trinajstić information content (AvgIpc) is 2.18. The van der Waals surface area contributed by atoms with E-state index in [1.807, 2.05) is 0 Å². The fourth-order valence-corrected chi connectivity index (χ4v) is 0.791. The molecule has 0 aliphatic rings. The van der Waals surface area contributed by atoms with Crippen LogP contribution in [0.25, 0.3) is 0 Å². The molecule has 13 heavy (non-hydrogen) atoms. The topological polar surface area (TPSA) is 55.2 Å². The van der Waals surface area contributed by atoms with Gasteiger partial charge in [-0.05, 0) is 6.92 Å². The van der Waals surface area contributed by atoms with Gasteiger partial charge in [-0.2, -0.15) is 0 Å². The molecule has 1 N–H and O–H groups in total. The summed E-state index contributed by atoms with van der Waals surface area (Å²) in [6, 6.07) is 1.50. The van der Waals surface area contributed by atoms with E-state index < -0.39 is 5.60 Å². The third kappa shape index (κ3) is 1.95. The van der Waals surface area contributed by atoms with Crippen LogP contribution in [0.15, 0.2) is 12.4 Å². The first-order chi connectivity index (χ1) is 6.10. The Balaban J connectivity index is 3.10. The van der Waals surface area contributed by atoms with Crippen LogP contribution in [-0.2, 0) is 5.60 Å². The van der Waals surface area contributed by atoms with E-state index in [1.54, 1.807) is 0 Å². The van der Waals surface area contributed by atoms with Crippen LogP contribution in [0, 0.1) is 12.3 Å². The van der Waals surface area contributed by atoms with Gasteiger partial charge in [0.1, 0.15) is 6.33 Å². The quantitative estimate of drug-likeness (QED) is 0.663. The fraction of sp³-hybridized carbons (Fsp3) is 0.333. The SMILES string of the molecule is C#C[C@](C)(O)c1cc(OC)ncn1. The van der Waals surface area contributed by atoms with Crippen molar-refractivity contribution in [3.05, 3.63) is 18.1 Å². The van der Waals surface area contributed by atoms with Crippen molar-refractivity contribution in [2.75, 3.05) is 7.11 Å². The third-order valence-electron chi connectivity index (χ3n) is 1.63. The minimum Gasteiger partial charge on any atom is -0.481 e. The van der Waals surface area contributed by atoms with Gasteiger partial charge in [-0.25, -0.2) is 9.97 Å². The number of methoxy groups -OCH3 is 1.